The van der Waals surface area contributed by atoms with Gasteiger partial charge in [-0.3, -0.25) is 9.79 Å². The van der Waals surface area contributed by atoms with E-state index in [9.17, 15) is 4.79 Å². The van der Waals surface area contributed by atoms with Crippen LogP contribution in [0.3, 0.4) is 0 Å². The Morgan fingerprint density at radius 1 is 1.25 bits per heavy atom. The summed E-state index contributed by atoms with van der Waals surface area (Å²) >= 11 is 7.87. The second-order valence-electron chi connectivity index (χ2n) is 6.57. The zero-order chi connectivity index (χ0) is 19.5. The third-order valence-electron chi connectivity index (χ3n) is 4.62. The summed E-state index contributed by atoms with van der Waals surface area (Å²) in [5.41, 5.74) is 4.40. The molecule has 140 valence electrons. The highest BCUT2D eigenvalue weighted by Crippen LogP contribution is 2.42. The summed E-state index contributed by atoms with van der Waals surface area (Å²) in [6.45, 7) is 2.40. The molecule has 5 heteroatoms. The highest BCUT2D eigenvalue weighted by Gasteiger charge is 2.19. The lowest BCUT2D eigenvalue weighted by Gasteiger charge is -2.09. The molecule has 2 aliphatic rings. The molecule has 2 aromatic rings. The number of allylic oxidation sites excluding steroid dienone is 5. The summed E-state index contributed by atoms with van der Waals surface area (Å²) in [6, 6.07) is 13.2. The first-order valence-corrected chi connectivity index (χ1v) is 10.3. The largest absolute Gasteiger partial charge is 0.348 e. The number of hydrogen-bond acceptors (Lipinski definition) is 3. The Morgan fingerprint density at radius 3 is 2.96 bits per heavy atom. The molecule has 0 bridgehead atoms. The number of rotatable bonds is 3. The van der Waals surface area contributed by atoms with Gasteiger partial charge in [-0.25, -0.2) is 0 Å². The fourth-order valence-corrected chi connectivity index (χ4v) is 4.41. The second-order valence-corrected chi connectivity index (χ2v) is 8.06. The molecule has 0 radical (unpaired) electrons. The van der Waals surface area contributed by atoms with Crippen molar-refractivity contribution in [3.63, 3.8) is 0 Å². The lowest BCUT2D eigenvalue weighted by molar-refractivity contribution is 0.0951. The predicted molar refractivity (Wildman–Crippen MR) is 118 cm³/mol. The molecule has 28 heavy (non-hydrogen) atoms. The minimum absolute atomic E-state index is 0.139. The van der Waals surface area contributed by atoms with Crippen molar-refractivity contribution in [2.24, 2.45) is 4.99 Å². The third kappa shape index (κ3) is 3.98. The quantitative estimate of drug-likeness (QED) is 0.655. The van der Waals surface area contributed by atoms with Crippen molar-refractivity contribution in [3.05, 3.63) is 93.4 Å². The highest BCUT2D eigenvalue weighted by molar-refractivity contribution is 8.03. The number of hydrogen-bond donors (Lipinski definition) is 1. The molecule has 0 saturated heterocycles. The van der Waals surface area contributed by atoms with Crippen LogP contribution in [0.25, 0.3) is 0 Å². The highest BCUT2D eigenvalue weighted by atomic mass is 35.5. The van der Waals surface area contributed by atoms with Crippen LogP contribution in [0.2, 0.25) is 5.02 Å². The van der Waals surface area contributed by atoms with Gasteiger partial charge >= 0.3 is 0 Å². The van der Waals surface area contributed by atoms with Crippen LogP contribution in [-0.2, 0) is 6.54 Å². The van der Waals surface area contributed by atoms with E-state index in [1.165, 1.54) is 4.91 Å². The van der Waals surface area contributed by atoms with Gasteiger partial charge in [-0.15, -0.1) is 0 Å². The molecule has 0 fully saturated rings. The number of amides is 1. The average molecular weight is 407 g/mol. The van der Waals surface area contributed by atoms with Gasteiger partial charge in [0.25, 0.3) is 5.91 Å². The molecule has 1 N–H and O–H groups in total. The monoisotopic (exact) mass is 406 g/mol. The summed E-state index contributed by atoms with van der Waals surface area (Å²) in [4.78, 5) is 19.7. The van der Waals surface area contributed by atoms with Crippen molar-refractivity contribution in [2.75, 3.05) is 0 Å². The molecule has 0 saturated carbocycles. The lowest BCUT2D eigenvalue weighted by Crippen LogP contribution is -2.22. The van der Waals surface area contributed by atoms with Gasteiger partial charge in [0.05, 0.1) is 5.69 Å². The van der Waals surface area contributed by atoms with Crippen LogP contribution in [0.4, 0.5) is 5.69 Å². The van der Waals surface area contributed by atoms with E-state index in [-0.39, 0.29) is 5.91 Å². The fourth-order valence-electron chi connectivity index (χ4n) is 3.12. The molecule has 1 aliphatic carbocycles. The summed E-state index contributed by atoms with van der Waals surface area (Å²) in [5.74, 6) is -0.139. The van der Waals surface area contributed by atoms with Crippen LogP contribution in [0.15, 0.2) is 87.1 Å². The number of nitrogens with zero attached hydrogens (tertiary/aromatic N) is 1. The molecule has 0 atom stereocenters. The van der Waals surface area contributed by atoms with Crippen molar-refractivity contribution in [1.29, 1.82) is 0 Å². The van der Waals surface area contributed by atoms with Crippen molar-refractivity contribution >= 4 is 40.7 Å². The summed E-state index contributed by atoms with van der Waals surface area (Å²) in [6.07, 6.45) is 9.44. The van der Waals surface area contributed by atoms with Crippen LogP contribution in [-0.4, -0.2) is 11.6 Å². The summed E-state index contributed by atoms with van der Waals surface area (Å²) in [7, 11) is 0. The normalized spacial score (nSPS) is 15.3. The van der Waals surface area contributed by atoms with E-state index < -0.39 is 0 Å². The number of nitrogens with one attached hydrogen (secondary N) is 1. The van der Waals surface area contributed by atoms with Crippen molar-refractivity contribution in [1.82, 2.24) is 5.32 Å². The molecule has 0 aromatic heterocycles. The van der Waals surface area contributed by atoms with E-state index >= 15 is 0 Å². The van der Waals surface area contributed by atoms with Gasteiger partial charge in [0.2, 0.25) is 0 Å². The Bertz CT molecular complexity index is 1070. The SMILES string of the molecule is CC1=Nc2cc(C(=O)NCc3ccccc3Cl)ccc2SC2=CCC=CC=C21. The Morgan fingerprint density at radius 2 is 2.11 bits per heavy atom. The number of halogens is 1. The molecular formula is C23H19ClN2OS. The van der Waals surface area contributed by atoms with Crippen LogP contribution in [0.1, 0.15) is 29.3 Å². The number of carbonyl (C=O) groups excluding carboxylic acids is 1. The Kier molecular flexibility index (Phi) is 5.51. The molecule has 1 aliphatic heterocycles. The van der Waals surface area contributed by atoms with Gasteiger partial charge < -0.3 is 5.32 Å². The van der Waals surface area contributed by atoms with E-state index in [0.717, 1.165) is 33.9 Å². The topological polar surface area (TPSA) is 41.5 Å². The van der Waals surface area contributed by atoms with Crippen molar-refractivity contribution in [3.8, 4) is 0 Å². The van der Waals surface area contributed by atoms with E-state index in [1.807, 2.05) is 49.4 Å². The van der Waals surface area contributed by atoms with E-state index in [0.29, 0.717) is 17.1 Å². The van der Waals surface area contributed by atoms with Gasteiger partial charge in [-0.05, 0) is 43.2 Å². The van der Waals surface area contributed by atoms with Crippen molar-refractivity contribution in [2.45, 2.75) is 24.8 Å². The molecule has 0 unspecified atom stereocenters. The van der Waals surface area contributed by atoms with Crippen molar-refractivity contribution < 1.29 is 4.79 Å². The maximum absolute atomic E-state index is 12.6. The Hall–Kier alpha value is -2.56. The fraction of sp³-hybridized carbons (Fsp3) is 0.130. The average Bonchev–Trinajstić information content (AvgIpc) is 3.00. The molecule has 1 heterocycles. The Labute approximate surface area is 173 Å². The zero-order valence-corrected chi connectivity index (χ0v) is 17.0. The van der Waals surface area contributed by atoms with Gasteiger partial charge in [-0.2, -0.15) is 0 Å². The number of carbonyl (C=O) groups is 1. The third-order valence-corrected chi connectivity index (χ3v) is 6.16. The number of fused-ring (bicyclic) bond motifs is 2. The van der Waals surface area contributed by atoms with Crippen LogP contribution >= 0.6 is 23.4 Å². The van der Waals surface area contributed by atoms with Crippen LogP contribution in [0.5, 0.6) is 0 Å². The number of aliphatic imine (C=N–C) groups is 1. The van der Waals surface area contributed by atoms with Gasteiger partial charge in [-0.1, -0.05) is 65.9 Å². The molecule has 3 nitrogen and oxygen atoms in total. The summed E-state index contributed by atoms with van der Waals surface area (Å²) in [5, 5.41) is 3.59. The van der Waals surface area contributed by atoms with Crippen LogP contribution in [0, 0.1) is 0 Å². The van der Waals surface area contributed by atoms with E-state index in [4.69, 9.17) is 16.6 Å². The standard InChI is InChI=1S/C23H19ClN2OS/c1-15-18-8-3-2-4-10-21(18)28-22-12-11-16(13-20(22)26-15)23(27)25-14-17-7-5-6-9-19(17)24/h2-3,5-13H,4,14H2,1H3,(H,25,27). The summed E-state index contributed by atoms with van der Waals surface area (Å²) < 4.78 is 0. The first-order valence-electron chi connectivity index (χ1n) is 9.08. The van der Waals surface area contributed by atoms with Gasteiger partial charge in [0, 0.05) is 38.2 Å². The lowest BCUT2D eigenvalue weighted by atomic mass is 10.1. The second kappa shape index (κ2) is 8.21. The minimum atomic E-state index is -0.139. The smallest absolute Gasteiger partial charge is 0.251 e. The zero-order valence-electron chi connectivity index (χ0n) is 15.4. The van der Waals surface area contributed by atoms with E-state index in [2.05, 4.69) is 29.6 Å². The first-order chi connectivity index (χ1) is 13.6. The molecule has 2 aromatic carbocycles. The maximum Gasteiger partial charge on any atom is 0.251 e. The molecule has 0 spiro atoms. The van der Waals surface area contributed by atoms with Gasteiger partial charge in [0.1, 0.15) is 0 Å². The van der Waals surface area contributed by atoms with E-state index in [1.54, 1.807) is 11.8 Å². The molecule has 4 rings (SSSR count). The number of benzene rings is 2. The Balaban J connectivity index is 1.58. The predicted octanol–water partition coefficient (Wildman–Crippen LogP) is 6.24. The molecule has 1 amide bonds. The minimum Gasteiger partial charge on any atom is -0.348 e. The maximum atomic E-state index is 12.6. The van der Waals surface area contributed by atoms with Crippen LogP contribution < -0.4 is 5.32 Å². The molecular weight excluding hydrogens is 388 g/mol. The van der Waals surface area contributed by atoms with Gasteiger partial charge in [0.15, 0.2) is 0 Å². The first kappa shape index (κ1) is 18.8. The number of thioether (sulfide) groups is 1.